The van der Waals surface area contributed by atoms with E-state index >= 15 is 0 Å². The van der Waals surface area contributed by atoms with Crippen molar-refractivity contribution in [2.45, 2.75) is 18.6 Å². The molecule has 3 nitrogen and oxygen atoms in total. The van der Waals surface area contributed by atoms with Crippen LogP contribution in [0.15, 0.2) is 40.9 Å². The second-order valence-corrected chi connectivity index (χ2v) is 5.87. The molecule has 1 unspecified atom stereocenters. The molecule has 1 aliphatic heterocycles. The highest BCUT2D eigenvalue weighted by atomic mass is 79.9. The van der Waals surface area contributed by atoms with Crippen LogP contribution in [0.4, 0.5) is 4.39 Å². The van der Waals surface area contributed by atoms with Gasteiger partial charge in [-0.3, -0.25) is 0 Å². The van der Waals surface area contributed by atoms with E-state index in [2.05, 4.69) is 15.9 Å². The summed E-state index contributed by atoms with van der Waals surface area (Å²) in [5.41, 5.74) is 7.93. The third kappa shape index (κ3) is 2.76. The van der Waals surface area contributed by atoms with Gasteiger partial charge in [-0.25, -0.2) is 4.39 Å². The Morgan fingerprint density at radius 2 is 2.05 bits per heavy atom. The van der Waals surface area contributed by atoms with Gasteiger partial charge in [-0.1, -0.05) is 22.0 Å². The second kappa shape index (κ2) is 5.66. The van der Waals surface area contributed by atoms with E-state index in [4.69, 9.17) is 15.2 Å². The maximum Gasteiger partial charge on any atom is 0.128 e. The first-order valence-corrected chi connectivity index (χ1v) is 7.43. The molecule has 1 heterocycles. The number of nitrogens with two attached hydrogens (primary N) is 1. The van der Waals surface area contributed by atoms with E-state index in [1.165, 1.54) is 12.1 Å². The van der Waals surface area contributed by atoms with Crippen molar-refractivity contribution in [1.82, 2.24) is 0 Å². The molecule has 2 aromatic rings. The molecule has 21 heavy (non-hydrogen) atoms. The molecule has 3 rings (SSSR count). The minimum atomic E-state index is -0.290. The van der Waals surface area contributed by atoms with Gasteiger partial charge in [0.15, 0.2) is 0 Å². The first-order chi connectivity index (χ1) is 10.1. The number of rotatable bonds is 2. The minimum Gasteiger partial charge on any atom is -0.497 e. The Hall–Kier alpha value is -1.59. The molecule has 5 heteroatoms. The van der Waals surface area contributed by atoms with Crippen molar-refractivity contribution < 1.29 is 13.9 Å². The van der Waals surface area contributed by atoms with Crippen LogP contribution in [0.3, 0.4) is 0 Å². The van der Waals surface area contributed by atoms with Crippen LogP contribution < -0.4 is 15.2 Å². The van der Waals surface area contributed by atoms with Crippen molar-refractivity contribution in [3.63, 3.8) is 0 Å². The van der Waals surface area contributed by atoms with E-state index in [0.29, 0.717) is 17.9 Å². The maximum absolute atomic E-state index is 13.5. The summed E-state index contributed by atoms with van der Waals surface area (Å²) >= 11 is 3.44. The number of halogens is 2. The van der Waals surface area contributed by atoms with Crippen molar-refractivity contribution in [3.8, 4) is 11.5 Å². The molecular weight excluding hydrogens is 337 g/mol. The van der Waals surface area contributed by atoms with Crippen LogP contribution in [0, 0.1) is 5.82 Å². The lowest BCUT2D eigenvalue weighted by Crippen LogP contribution is -2.24. The third-order valence-corrected chi connectivity index (χ3v) is 4.38. The van der Waals surface area contributed by atoms with Gasteiger partial charge in [-0.2, -0.15) is 0 Å². The second-order valence-electron chi connectivity index (χ2n) is 5.02. The number of methoxy groups -OCH3 is 1. The summed E-state index contributed by atoms with van der Waals surface area (Å²) in [6.07, 6.45) is 0.311. The minimum absolute atomic E-state index is 0.153. The smallest absolute Gasteiger partial charge is 0.128 e. The lowest BCUT2D eigenvalue weighted by atomic mass is 9.93. The fraction of sp³-hybridized carbons (Fsp3) is 0.250. The predicted molar refractivity (Wildman–Crippen MR) is 82.0 cm³/mol. The summed E-state index contributed by atoms with van der Waals surface area (Å²) in [7, 11) is 1.60. The van der Waals surface area contributed by atoms with Gasteiger partial charge in [0.1, 0.15) is 23.4 Å². The zero-order valence-electron chi connectivity index (χ0n) is 11.5. The molecule has 0 radical (unpaired) electrons. The number of benzene rings is 2. The van der Waals surface area contributed by atoms with Crippen LogP contribution >= 0.6 is 15.9 Å². The van der Waals surface area contributed by atoms with Crippen LogP contribution in [0.25, 0.3) is 0 Å². The average Bonchev–Trinajstić information content (AvgIpc) is 2.49. The van der Waals surface area contributed by atoms with Crippen LogP contribution in [0.5, 0.6) is 11.5 Å². The van der Waals surface area contributed by atoms with Gasteiger partial charge in [-0.15, -0.1) is 0 Å². The van der Waals surface area contributed by atoms with Gasteiger partial charge >= 0.3 is 0 Å². The van der Waals surface area contributed by atoms with Crippen molar-refractivity contribution in [2.75, 3.05) is 7.11 Å². The number of ether oxygens (including phenoxy) is 2. The summed E-state index contributed by atoms with van der Waals surface area (Å²) in [4.78, 5) is 0. The summed E-state index contributed by atoms with van der Waals surface area (Å²) in [5.74, 6) is 1.11. The molecule has 0 amide bonds. The predicted octanol–water partition coefficient (Wildman–Crippen LogP) is 4.12. The highest BCUT2D eigenvalue weighted by molar-refractivity contribution is 9.10. The molecule has 110 valence electrons. The van der Waals surface area contributed by atoms with E-state index in [9.17, 15) is 4.39 Å². The Morgan fingerprint density at radius 3 is 2.81 bits per heavy atom. The first kappa shape index (κ1) is 14.4. The molecule has 0 bridgehead atoms. The number of fused-ring (bicyclic) bond motifs is 1. The Morgan fingerprint density at radius 1 is 1.24 bits per heavy atom. The summed E-state index contributed by atoms with van der Waals surface area (Å²) in [6, 6.07) is 10.0. The largest absolute Gasteiger partial charge is 0.497 e. The van der Waals surface area contributed by atoms with Gasteiger partial charge in [0.05, 0.1) is 7.11 Å². The Balaban J connectivity index is 1.98. The summed E-state index contributed by atoms with van der Waals surface area (Å²) in [6.45, 7) is 0. The molecule has 0 fully saturated rings. The molecule has 0 spiro atoms. The van der Waals surface area contributed by atoms with Gasteiger partial charge in [-0.05, 0) is 24.3 Å². The first-order valence-electron chi connectivity index (χ1n) is 6.63. The molecule has 0 saturated heterocycles. The van der Waals surface area contributed by atoms with E-state index in [1.807, 2.05) is 18.2 Å². The van der Waals surface area contributed by atoms with Crippen LogP contribution in [-0.2, 0) is 0 Å². The fourth-order valence-corrected chi connectivity index (χ4v) is 3.06. The molecular formula is C16H15BrFNO2. The third-order valence-electron chi connectivity index (χ3n) is 3.66. The summed E-state index contributed by atoms with van der Waals surface area (Å²) in [5, 5.41) is 0. The van der Waals surface area contributed by atoms with Gasteiger partial charge in [0, 0.05) is 34.1 Å². The van der Waals surface area contributed by atoms with E-state index < -0.39 is 0 Å². The van der Waals surface area contributed by atoms with Crippen LogP contribution in [-0.4, -0.2) is 7.11 Å². The highest BCUT2D eigenvalue weighted by Gasteiger charge is 2.28. The van der Waals surface area contributed by atoms with E-state index in [-0.39, 0.29) is 18.0 Å². The quantitative estimate of drug-likeness (QED) is 0.884. The van der Waals surface area contributed by atoms with Gasteiger partial charge in [0.25, 0.3) is 0 Å². The normalized spacial score (nSPS) is 20.6. The molecule has 0 aliphatic carbocycles. The SMILES string of the molecule is COc1ccc2c(c1)OC(c1cc(F)ccc1Br)C[C@@H]2N. The Labute approximate surface area is 131 Å². The number of hydrogen-bond acceptors (Lipinski definition) is 3. The van der Waals surface area contributed by atoms with Gasteiger partial charge in [0.2, 0.25) is 0 Å². The lowest BCUT2D eigenvalue weighted by molar-refractivity contribution is 0.160. The van der Waals surface area contributed by atoms with Gasteiger partial charge < -0.3 is 15.2 Å². The zero-order chi connectivity index (χ0) is 15.0. The highest BCUT2D eigenvalue weighted by Crippen LogP contribution is 2.42. The van der Waals surface area contributed by atoms with Crippen LogP contribution in [0.1, 0.15) is 29.7 Å². The maximum atomic E-state index is 13.5. The van der Waals surface area contributed by atoms with Crippen molar-refractivity contribution in [2.24, 2.45) is 5.73 Å². The van der Waals surface area contributed by atoms with E-state index in [1.54, 1.807) is 13.2 Å². The molecule has 0 aromatic heterocycles. The average molecular weight is 352 g/mol. The summed E-state index contributed by atoms with van der Waals surface area (Å²) < 4.78 is 25.5. The molecule has 2 N–H and O–H groups in total. The molecule has 1 aliphatic rings. The van der Waals surface area contributed by atoms with Crippen molar-refractivity contribution in [1.29, 1.82) is 0 Å². The number of hydrogen-bond donors (Lipinski definition) is 1. The van der Waals surface area contributed by atoms with Crippen molar-refractivity contribution >= 4 is 15.9 Å². The Bertz CT molecular complexity index is 677. The zero-order valence-corrected chi connectivity index (χ0v) is 13.1. The molecule has 0 saturated carbocycles. The lowest BCUT2D eigenvalue weighted by Gasteiger charge is -2.31. The Kier molecular flexibility index (Phi) is 3.87. The van der Waals surface area contributed by atoms with Crippen LogP contribution in [0.2, 0.25) is 0 Å². The van der Waals surface area contributed by atoms with Crippen molar-refractivity contribution in [3.05, 3.63) is 57.8 Å². The topological polar surface area (TPSA) is 44.5 Å². The molecule has 2 aromatic carbocycles. The monoisotopic (exact) mass is 351 g/mol. The fourth-order valence-electron chi connectivity index (χ4n) is 2.56. The molecule has 2 atom stereocenters. The van der Waals surface area contributed by atoms with E-state index in [0.717, 1.165) is 15.6 Å². The standard InChI is InChI=1S/C16H15BrFNO2/c1-20-10-3-4-11-14(19)8-16(21-15(11)7-10)12-6-9(18)2-5-13(12)17/h2-7,14,16H,8,19H2,1H3/t14-,16?/m0/s1.